The number of hydrogen-bond donors (Lipinski definition) is 2. The lowest BCUT2D eigenvalue weighted by molar-refractivity contribution is 0.415. The van der Waals surface area contributed by atoms with E-state index in [0.717, 1.165) is 27.9 Å². The molecule has 0 unspecified atom stereocenters. The molecular formula is C23H19ClN4O2S. The Morgan fingerprint density at radius 1 is 1.10 bits per heavy atom. The van der Waals surface area contributed by atoms with E-state index < -0.39 is 0 Å². The van der Waals surface area contributed by atoms with Crippen molar-refractivity contribution in [2.75, 3.05) is 12.4 Å². The Hall–Kier alpha value is -3.42. The number of aromatic hydroxyl groups is 1. The van der Waals surface area contributed by atoms with E-state index in [1.165, 1.54) is 0 Å². The minimum absolute atomic E-state index is 0.0113. The third kappa shape index (κ3) is 4.68. The van der Waals surface area contributed by atoms with Crippen molar-refractivity contribution in [3.8, 4) is 11.6 Å². The number of azo groups is 1. The van der Waals surface area contributed by atoms with Crippen molar-refractivity contribution in [3.63, 3.8) is 0 Å². The van der Waals surface area contributed by atoms with Crippen LogP contribution in [0.4, 0.5) is 11.4 Å². The van der Waals surface area contributed by atoms with E-state index in [9.17, 15) is 5.11 Å². The third-order valence-corrected chi connectivity index (χ3v) is 5.15. The fourth-order valence-electron chi connectivity index (χ4n) is 3.27. The minimum atomic E-state index is 0.0113. The molecule has 0 amide bonds. The molecule has 0 aliphatic heterocycles. The summed E-state index contributed by atoms with van der Waals surface area (Å²) in [5, 5.41) is 23.8. The molecule has 0 radical (unpaired) electrons. The van der Waals surface area contributed by atoms with Crippen LogP contribution in [0.25, 0.3) is 10.9 Å². The third-order valence-electron chi connectivity index (χ3n) is 4.73. The Balaban J connectivity index is 1.61. The Labute approximate surface area is 189 Å². The average Bonchev–Trinajstić information content (AvgIpc) is 3.04. The lowest BCUT2D eigenvalue weighted by Crippen LogP contribution is -2.04. The van der Waals surface area contributed by atoms with Gasteiger partial charge >= 0.3 is 0 Å². The van der Waals surface area contributed by atoms with Crippen molar-refractivity contribution in [1.82, 2.24) is 4.57 Å². The summed E-state index contributed by atoms with van der Waals surface area (Å²) < 4.78 is 6.92. The molecule has 0 aliphatic rings. The summed E-state index contributed by atoms with van der Waals surface area (Å²) in [5.41, 5.74) is 2.92. The van der Waals surface area contributed by atoms with Crippen molar-refractivity contribution >= 4 is 51.2 Å². The summed E-state index contributed by atoms with van der Waals surface area (Å²) in [7, 11) is 1.61. The van der Waals surface area contributed by atoms with Crippen LogP contribution in [0, 0.1) is 0 Å². The van der Waals surface area contributed by atoms with Crippen LogP contribution >= 0.6 is 23.8 Å². The molecule has 0 spiro atoms. The first-order valence-corrected chi connectivity index (χ1v) is 10.2. The highest BCUT2D eigenvalue weighted by Crippen LogP contribution is 2.39. The van der Waals surface area contributed by atoms with Gasteiger partial charge in [0.05, 0.1) is 19.2 Å². The average molecular weight is 451 g/mol. The molecule has 2 N–H and O–H groups in total. The molecule has 8 heteroatoms. The number of hydrogen-bond acceptors (Lipinski definition) is 4. The molecule has 156 valence electrons. The second-order valence-corrected chi connectivity index (χ2v) is 7.59. The summed E-state index contributed by atoms with van der Waals surface area (Å²) in [6.07, 6.45) is 0. The van der Waals surface area contributed by atoms with Crippen LogP contribution in [-0.2, 0) is 6.54 Å². The van der Waals surface area contributed by atoms with Gasteiger partial charge in [-0.25, -0.2) is 0 Å². The normalized spacial score (nSPS) is 11.2. The Morgan fingerprint density at radius 3 is 2.61 bits per heavy atom. The van der Waals surface area contributed by atoms with Gasteiger partial charge in [-0.3, -0.25) is 0 Å². The van der Waals surface area contributed by atoms with Gasteiger partial charge in [-0.05, 0) is 60.2 Å². The fraction of sp³-hybridized carbons (Fsp3) is 0.0870. The number of thiocarbonyl (C=S) groups is 1. The van der Waals surface area contributed by atoms with Gasteiger partial charge in [-0.15, -0.1) is 10.2 Å². The number of fused-ring (bicyclic) bond motifs is 1. The highest BCUT2D eigenvalue weighted by atomic mass is 35.5. The second-order valence-electron chi connectivity index (χ2n) is 6.76. The molecule has 31 heavy (non-hydrogen) atoms. The van der Waals surface area contributed by atoms with E-state index in [1.54, 1.807) is 11.7 Å². The summed E-state index contributed by atoms with van der Waals surface area (Å²) in [5.74, 6) is 0.757. The molecule has 4 rings (SSSR count). The number of methoxy groups -OCH3 is 1. The molecule has 0 saturated carbocycles. The van der Waals surface area contributed by atoms with Crippen molar-refractivity contribution in [1.29, 1.82) is 0 Å². The molecule has 1 aromatic heterocycles. The Morgan fingerprint density at radius 2 is 1.87 bits per heavy atom. The van der Waals surface area contributed by atoms with Gasteiger partial charge in [-0.2, -0.15) is 0 Å². The van der Waals surface area contributed by atoms with E-state index >= 15 is 0 Å². The first-order chi connectivity index (χ1) is 15.0. The number of halogens is 1. The molecule has 0 fully saturated rings. The Bertz CT molecular complexity index is 1270. The number of anilines is 1. The summed E-state index contributed by atoms with van der Waals surface area (Å²) in [6, 6.07) is 22.4. The molecule has 0 bridgehead atoms. The van der Waals surface area contributed by atoms with Gasteiger partial charge < -0.3 is 19.7 Å². The number of benzene rings is 3. The van der Waals surface area contributed by atoms with Crippen molar-refractivity contribution in [3.05, 3.63) is 83.4 Å². The standard InChI is InChI=1S/C23H19ClN4O2S/c1-30-18-11-9-17(10-12-18)25-23(31)27-26-21-19-7-2-3-8-20(19)28(22(21)29)14-15-5-4-6-16(24)13-15/h2-13,29H,14H2,1H3,(H,25,31). The van der Waals surface area contributed by atoms with Crippen LogP contribution in [-0.4, -0.2) is 21.9 Å². The largest absolute Gasteiger partial charge is 0.497 e. The quantitative estimate of drug-likeness (QED) is 0.267. The summed E-state index contributed by atoms with van der Waals surface area (Å²) in [4.78, 5) is 0. The molecule has 0 atom stereocenters. The molecular weight excluding hydrogens is 432 g/mol. The zero-order chi connectivity index (χ0) is 21.8. The smallest absolute Gasteiger partial charge is 0.221 e. The molecule has 6 nitrogen and oxygen atoms in total. The number of nitrogens with one attached hydrogen (secondary N) is 1. The lowest BCUT2D eigenvalue weighted by atomic mass is 10.2. The summed E-state index contributed by atoms with van der Waals surface area (Å²) >= 11 is 11.4. The maximum Gasteiger partial charge on any atom is 0.221 e. The van der Waals surface area contributed by atoms with Crippen LogP contribution in [0.15, 0.2) is 83.0 Å². The van der Waals surface area contributed by atoms with Gasteiger partial charge in [0.25, 0.3) is 0 Å². The molecule has 0 saturated heterocycles. The molecule has 1 heterocycles. The first kappa shape index (κ1) is 20.8. The predicted octanol–water partition coefficient (Wildman–Crippen LogP) is 6.54. The zero-order valence-corrected chi connectivity index (χ0v) is 18.2. The minimum Gasteiger partial charge on any atom is -0.497 e. The maximum atomic E-state index is 10.9. The van der Waals surface area contributed by atoms with E-state index in [2.05, 4.69) is 15.5 Å². The number of ether oxygens (including phenoxy) is 1. The van der Waals surface area contributed by atoms with Gasteiger partial charge in [0.15, 0.2) is 5.69 Å². The zero-order valence-electron chi connectivity index (χ0n) is 16.6. The molecule has 0 aliphatic carbocycles. The monoisotopic (exact) mass is 450 g/mol. The lowest BCUT2D eigenvalue weighted by Gasteiger charge is -2.07. The second kappa shape index (κ2) is 9.16. The van der Waals surface area contributed by atoms with E-state index in [-0.39, 0.29) is 11.0 Å². The number of nitrogens with zero attached hydrogens (tertiary/aromatic N) is 3. The van der Waals surface area contributed by atoms with Crippen LogP contribution < -0.4 is 10.1 Å². The van der Waals surface area contributed by atoms with Gasteiger partial charge in [-0.1, -0.05) is 41.9 Å². The summed E-state index contributed by atoms with van der Waals surface area (Å²) in [6.45, 7) is 0.441. The van der Waals surface area contributed by atoms with Gasteiger partial charge in [0, 0.05) is 16.1 Å². The van der Waals surface area contributed by atoms with Crippen molar-refractivity contribution < 1.29 is 9.84 Å². The van der Waals surface area contributed by atoms with Crippen LogP contribution in [0.1, 0.15) is 5.56 Å². The molecule has 4 aromatic rings. The van der Waals surface area contributed by atoms with E-state index in [4.69, 9.17) is 28.6 Å². The van der Waals surface area contributed by atoms with Crippen LogP contribution in [0.2, 0.25) is 5.02 Å². The topological polar surface area (TPSA) is 71.1 Å². The first-order valence-electron chi connectivity index (χ1n) is 9.46. The number of rotatable bonds is 5. The number of para-hydroxylation sites is 1. The predicted molar refractivity (Wildman–Crippen MR) is 128 cm³/mol. The van der Waals surface area contributed by atoms with Crippen LogP contribution in [0.5, 0.6) is 11.6 Å². The van der Waals surface area contributed by atoms with Crippen LogP contribution in [0.3, 0.4) is 0 Å². The fourth-order valence-corrected chi connectivity index (χ4v) is 3.64. The highest BCUT2D eigenvalue weighted by molar-refractivity contribution is 7.80. The van der Waals surface area contributed by atoms with Gasteiger partial charge in [0.1, 0.15) is 5.75 Å². The van der Waals surface area contributed by atoms with Gasteiger partial charge in [0.2, 0.25) is 11.0 Å². The molecule has 3 aromatic carbocycles. The van der Waals surface area contributed by atoms with Crippen molar-refractivity contribution in [2.24, 2.45) is 10.2 Å². The van der Waals surface area contributed by atoms with E-state index in [1.807, 2.05) is 72.8 Å². The highest BCUT2D eigenvalue weighted by Gasteiger charge is 2.17. The Kier molecular flexibility index (Phi) is 6.16. The maximum absolute atomic E-state index is 10.9. The van der Waals surface area contributed by atoms with E-state index in [0.29, 0.717) is 17.3 Å². The SMILES string of the molecule is COc1ccc(NC(=S)N=Nc2c(O)n(Cc3cccc(Cl)c3)c3ccccc23)cc1. The van der Waals surface area contributed by atoms with Crippen molar-refractivity contribution in [2.45, 2.75) is 6.54 Å². The number of aromatic nitrogens is 1.